The highest BCUT2D eigenvalue weighted by molar-refractivity contribution is 5.76. The van der Waals surface area contributed by atoms with E-state index in [0.717, 1.165) is 6.42 Å². The Morgan fingerprint density at radius 2 is 2.20 bits per heavy atom. The van der Waals surface area contributed by atoms with Gasteiger partial charge in [-0.05, 0) is 33.6 Å². The first-order valence-electron chi connectivity index (χ1n) is 5.01. The molecule has 84 valence electrons. The fourth-order valence-corrected chi connectivity index (χ4v) is 1.53. The molecule has 0 aromatic rings. The van der Waals surface area contributed by atoms with Crippen LogP contribution in [0.4, 0.5) is 0 Å². The molecule has 0 amide bonds. The van der Waals surface area contributed by atoms with E-state index in [1.54, 1.807) is 0 Å². The van der Waals surface area contributed by atoms with Crippen LogP contribution >= 0.6 is 0 Å². The predicted octanol–water partition coefficient (Wildman–Crippen LogP) is 1.04. The van der Waals surface area contributed by atoms with Crippen molar-refractivity contribution < 1.29 is 14.3 Å². The maximum absolute atomic E-state index is 11.7. The van der Waals surface area contributed by atoms with Crippen molar-refractivity contribution in [2.45, 2.75) is 45.3 Å². The van der Waals surface area contributed by atoms with Crippen LogP contribution in [0, 0.1) is 0 Å². The Balaban J connectivity index is 2.62. The van der Waals surface area contributed by atoms with E-state index >= 15 is 0 Å². The highest BCUT2D eigenvalue weighted by Gasteiger charge is 2.33. The zero-order valence-corrected chi connectivity index (χ0v) is 9.32. The largest absolute Gasteiger partial charge is 0.458 e. The molecule has 1 fully saturated rings. The summed E-state index contributed by atoms with van der Waals surface area (Å²) in [6.45, 7) is 6.05. The Hall–Kier alpha value is -1.35. The van der Waals surface area contributed by atoms with Gasteiger partial charge in [-0.3, -0.25) is 5.01 Å². The first-order valence-corrected chi connectivity index (χ1v) is 5.01. The van der Waals surface area contributed by atoms with Gasteiger partial charge in [-0.25, -0.2) is 9.59 Å². The smallest absolute Gasteiger partial charge is 0.331 e. The Morgan fingerprint density at radius 3 is 2.73 bits per heavy atom. The van der Waals surface area contributed by atoms with Gasteiger partial charge < -0.3 is 4.74 Å². The fourth-order valence-electron chi connectivity index (χ4n) is 1.53. The monoisotopic (exact) mass is 212 g/mol. The van der Waals surface area contributed by atoms with Gasteiger partial charge in [0.1, 0.15) is 11.6 Å². The zero-order chi connectivity index (χ0) is 11.5. The molecule has 0 N–H and O–H groups in total. The fraction of sp³-hybridized carbons (Fsp3) is 0.800. The van der Waals surface area contributed by atoms with E-state index in [0.29, 0.717) is 13.0 Å². The molecule has 1 aliphatic heterocycles. The van der Waals surface area contributed by atoms with Crippen LogP contribution in [0.2, 0.25) is 0 Å². The number of hydrogen-bond acceptors (Lipinski definition) is 5. The summed E-state index contributed by atoms with van der Waals surface area (Å²) < 4.78 is 5.23. The minimum atomic E-state index is -0.504. The van der Waals surface area contributed by atoms with Crippen molar-refractivity contribution in [1.29, 1.82) is 0 Å². The van der Waals surface area contributed by atoms with Crippen molar-refractivity contribution in [1.82, 2.24) is 5.01 Å². The van der Waals surface area contributed by atoms with Crippen LogP contribution in [0.25, 0.3) is 0 Å². The highest BCUT2D eigenvalue weighted by Crippen LogP contribution is 2.20. The highest BCUT2D eigenvalue weighted by atomic mass is 16.6. The van der Waals surface area contributed by atoms with Crippen LogP contribution in [-0.4, -0.2) is 35.2 Å². The normalized spacial score (nSPS) is 21.0. The number of hydrazone groups is 1. The Labute approximate surface area is 89.1 Å². The van der Waals surface area contributed by atoms with Crippen molar-refractivity contribution in [3.63, 3.8) is 0 Å². The molecule has 1 rings (SSSR count). The van der Waals surface area contributed by atoms with E-state index in [4.69, 9.17) is 4.74 Å². The maximum Gasteiger partial charge on any atom is 0.331 e. The molecule has 0 aliphatic carbocycles. The number of hydrogen-bond donors (Lipinski definition) is 0. The second kappa shape index (κ2) is 4.45. The minimum Gasteiger partial charge on any atom is -0.458 e. The molecular weight excluding hydrogens is 196 g/mol. The topological polar surface area (TPSA) is 59.0 Å². The number of ether oxygens (including phenoxy) is 1. The molecule has 0 bridgehead atoms. The number of isocyanates is 1. The van der Waals surface area contributed by atoms with Crippen LogP contribution in [0.15, 0.2) is 5.10 Å². The summed E-state index contributed by atoms with van der Waals surface area (Å²) in [6.07, 6.45) is 2.97. The molecule has 1 aliphatic rings. The Morgan fingerprint density at radius 1 is 1.53 bits per heavy atom. The van der Waals surface area contributed by atoms with Gasteiger partial charge in [0, 0.05) is 6.54 Å². The summed E-state index contributed by atoms with van der Waals surface area (Å²) >= 11 is 0. The van der Waals surface area contributed by atoms with Crippen LogP contribution in [0.1, 0.15) is 33.6 Å². The first-order chi connectivity index (χ1) is 6.94. The average Bonchev–Trinajstić information content (AvgIpc) is 2.49. The van der Waals surface area contributed by atoms with Crippen LogP contribution in [0.3, 0.4) is 0 Å². The molecule has 0 radical (unpaired) electrons. The van der Waals surface area contributed by atoms with Crippen LogP contribution < -0.4 is 0 Å². The molecule has 0 saturated carbocycles. The van der Waals surface area contributed by atoms with E-state index in [2.05, 4.69) is 5.10 Å². The lowest BCUT2D eigenvalue weighted by molar-refractivity contribution is -0.160. The molecule has 1 heterocycles. The summed E-state index contributed by atoms with van der Waals surface area (Å²) in [5.74, 6) is -0.320. The lowest BCUT2D eigenvalue weighted by Gasteiger charge is -2.24. The number of nitrogens with zero attached hydrogens (tertiary/aromatic N) is 2. The molecule has 1 unspecified atom stereocenters. The van der Waals surface area contributed by atoms with Gasteiger partial charge in [0.2, 0.25) is 0 Å². The molecule has 0 aromatic heterocycles. The maximum atomic E-state index is 11.7. The van der Waals surface area contributed by atoms with E-state index in [1.807, 2.05) is 20.8 Å². The van der Waals surface area contributed by atoms with Crippen LogP contribution in [0.5, 0.6) is 0 Å². The van der Waals surface area contributed by atoms with Gasteiger partial charge in [-0.2, -0.15) is 0 Å². The number of esters is 1. The van der Waals surface area contributed by atoms with Crippen LogP contribution in [-0.2, 0) is 14.3 Å². The number of carbonyl (C=O) groups excluding carboxylic acids is 2. The minimum absolute atomic E-state index is 0.320. The lowest BCUT2D eigenvalue weighted by Crippen LogP contribution is -2.37. The van der Waals surface area contributed by atoms with Gasteiger partial charge in [0.25, 0.3) is 6.08 Å². The number of rotatable bonds is 2. The van der Waals surface area contributed by atoms with Crippen molar-refractivity contribution in [3.8, 4) is 0 Å². The third kappa shape index (κ3) is 3.36. The summed E-state index contributed by atoms with van der Waals surface area (Å²) in [7, 11) is 0. The van der Waals surface area contributed by atoms with Gasteiger partial charge in [0.15, 0.2) is 0 Å². The van der Waals surface area contributed by atoms with E-state index in [-0.39, 0.29) is 5.97 Å². The third-order valence-electron chi connectivity index (χ3n) is 2.07. The second-order valence-electron chi connectivity index (χ2n) is 4.55. The molecular formula is C10H16N2O3. The SMILES string of the molecule is CC(C)(C)OC(=O)C1CCCN1N=C=O. The number of carbonyl (C=O) groups is 1. The average molecular weight is 212 g/mol. The van der Waals surface area contributed by atoms with Crippen molar-refractivity contribution >= 4 is 12.0 Å². The Kier molecular flexibility index (Phi) is 3.48. The summed E-state index contributed by atoms with van der Waals surface area (Å²) in [4.78, 5) is 21.8. The van der Waals surface area contributed by atoms with E-state index in [9.17, 15) is 9.59 Å². The molecule has 5 nitrogen and oxygen atoms in total. The molecule has 0 spiro atoms. The van der Waals surface area contributed by atoms with E-state index < -0.39 is 11.6 Å². The summed E-state index contributed by atoms with van der Waals surface area (Å²) in [5, 5.41) is 4.93. The summed E-state index contributed by atoms with van der Waals surface area (Å²) in [5.41, 5.74) is -0.504. The molecule has 15 heavy (non-hydrogen) atoms. The molecule has 0 aromatic carbocycles. The van der Waals surface area contributed by atoms with Gasteiger partial charge in [-0.1, -0.05) is 5.10 Å². The predicted molar refractivity (Wildman–Crippen MR) is 53.7 cm³/mol. The third-order valence-corrected chi connectivity index (χ3v) is 2.07. The quantitative estimate of drug-likeness (QED) is 0.390. The molecule has 1 saturated heterocycles. The van der Waals surface area contributed by atoms with Gasteiger partial charge in [-0.15, -0.1) is 0 Å². The van der Waals surface area contributed by atoms with Gasteiger partial charge >= 0.3 is 5.97 Å². The second-order valence-corrected chi connectivity index (χ2v) is 4.55. The molecule has 1 atom stereocenters. The Bertz CT molecular complexity index is 290. The van der Waals surface area contributed by atoms with Gasteiger partial charge in [0.05, 0.1) is 0 Å². The summed E-state index contributed by atoms with van der Waals surface area (Å²) in [6, 6.07) is -0.425. The molecule has 5 heteroatoms. The standard InChI is InChI=1S/C10H16N2O3/c1-10(2,3)15-9(14)8-5-4-6-12(8)11-7-13/h8H,4-6H2,1-3H3. The van der Waals surface area contributed by atoms with Crippen molar-refractivity contribution in [3.05, 3.63) is 0 Å². The van der Waals surface area contributed by atoms with Crippen molar-refractivity contribution in [2.24, 2.45) is 5.10 Å². The van der Waals surface area contributed by atoms with Crippen molar-refractivity contribution in [2.75, 3.05) is 6.54 Å². The first kappa shape index (κ1) is 11.7. The lowest BCUT2D eigenvalue weighted by atomic mass is 10.2. The zero-order valence-electron chi connectivity index (χ0n) is 9.32. The van der Waals surface area contributed by atoms with E-state index in [1.165, 1.54) is 11.1 Å².